The first-order valence-electron chi connectivity index (χ1n) is 5.77. The van der Waals surface area contributed by atoms with E-state index in [1.54, 1.807) is 23.2 Å². The third-order valence-electron chi connectivity index (χ3n) is 2.79. The Balaban J connectivity index is 1.92. The molecule has 2 rings (SSSR count). The predicted octanol–water partition coefficient (Wildman–Crippen LogP) is 1.42. The van der Waals surface area contributed by atoms with E-state index < -0.39 is 5.91 Å². The van der Waals surface area contributed by atoms with Crippen molar-refractivity contribution in [3.05, 3.63) is 30.1 Å². The van der Waals surface area contributed by atoms with Crippen LogP contribution in [0.3, 0.4) is 0 Å². The standard InChI is InChI=1S/C12H15N3O2/c16-11(10-5-4-6-13-9-10)14-12(17)15-7-2-1-3-8-15/h4-6,9H,1-3,7-8H2,(H,14,16,17). The molecule has 3 amide bonds. The second-order valence-electron chi connectivity index (χ2n) is 4.05. The van der Waals surface area contributed by atoms with E-state index in [9.17, 15) is 9.59 Å². The number of aromatic nitrogens is 1. The van der Waals surface area contributed by atoms with Crippen LogP contribution in [0.4, 0.5) is 4.79 Å². The van der Waals surface area contributed by atoms with Crippen molar-refractivity contribution in [1.82, 2.24) is 15.2 Å². The fourth-order valence-corrected chi connectivity index (χ4v) is 1.84. The molecule has 0 aromatic carbocycles. The van der Waals surface area contributed by atoms with Crippen molar-refractivity contribution < 1.29 is 9.59 Å². The minimum absolute atomic E-state index is 0.307. The molecule has 1 aromatic rings. The first kappa shape index (κ1) is 11.6. The molecule has 1 saturated heterocycles. The Kier molecular flexibility index (Phi) is 3.69. The normalized spacial score (nSPS) is 15.4. The number of hydrogen-bond acceptors (Lipinski definition) is 3. The summed E-state index contributed by atoms with van der Waals surface area (Å²) >= 11 is 0. The highest BCUT2D eigenvalue weighted by molar-refractivity contribution is 6.03. The van der Waals surface area contributed by atoms with Crippen molar-refractivity contribution in [2.45, 2.75) is 19.3 Å². The molecular formula is C12H15N3O2. The highest BCUT2D eigenvalue weighted by Crippen LogP contribution is 2.08. The molecule has 0 spiro atoms. The van der Waals surface area contributed by atoms with E-state index in [2.05, 4.69) is 10.3 Å². The Hall–Kier alpha value is -1.91. The predicted molar refractivity (Wildman–Crippen MR) is 62.5 cm³/mol. The monoisotopic (exact) mass is 233 g/mol. The van der Waals surface area contributed by atoms with Crippen LogP contribution in [0.5, 0.6) is 0 Å². The van der Waals surface area contributed by atoms with Gasteiger partial charge in [-0.25, -0.2) is 4.79 Å². The molecule has 1 aliphatic heterocycles. The lowest BCUT2D eigenvalue weighted by Crippen LogP contribution is -2.45. The average molecular weight is 233 g/mol. The summed E-state index contributed by atoms with van der Waals surface area (Å²) in [4.78, 5) is 29.0. The number of pyridine rings is 1. The summed E-state index contributed by atoms with van der Waals surface area (Å²) in [6, 6.07) is 2.99. The lowest BCUT2D eigenvalue weighted by molar-refractivity contribution is 0.0948. The highest BCUT2D eigenvalue weighted by atomic mass is 16.2. The van der Waals surface area contributed by atoms with E-state index in [-0.39, 0.29) is 6.03 Å². The number of rotatable bonds is 1. The lowest BCUT2D eigenvalue weighted by Gasteiger charge is -2.26. The van der Waals surface area contributed by atoms with Crippen LogP contribution >= 0.6 is 0 Å². The second-order valence-corrected chi connectivity index (χ2v) is 4.05. The van der Waals surface area contributed by atoms with Gasteiger partial charge in [0.1, 0.15) is 0 Å². The molecular weight excluding hydrogens is 218 g/mol. The van der Waals surface area contributed by atoms with Gasteiger partial charge in [-0.3, -0.25) is 15.1 Å². The molecule has 17 heavy (non-hydrogen) atoms. The Morgan fingerprint density at radius 2 is 2.00 bits per heavy atom. The number of piperidine rings is 1. The van der Waals surface area contributed by atoms with Crippen LogP contribution in [0.25, 0.3) is 0 Å². The van der Waals surface area contributed by atoms with Crippen LogP contribution < -0.4 is 5.32 Å². The van der Waals surface area contributed by atoms with Gasteiger partial charge in [-0.05, 0) is 31.4 Å². The second kappa shape index (κ2) is 5.43. The van der Waals surface area contributed by atoms with Crippen molar-refractivity contribution in [3.8, 4) is 0 Å². The molecule has 90 valence electrons. The molecule has 0 unspecified atom stereocenters. The third-order valence-corrected chi connectivity index (χ3v) is 2.79. The van der Waals surface area contributed by atoms with E-state index in [1.807, 2.05) is 0 Å². The zero-order valence-corrected chi connectivity index (χ0v) is 9.56. The zero-order chi connectivity index (χ0) is 12.1. The molecule has 0 saturated carbocycles. The summed E-state index contributed by atoms with van der Waals surface area (Å²) in [6.07, 6.45) is 6.20. The molecule has 5 nitrogen and oxygen atoms in total. The van der Waals surface area contributed by atoms with Gasteiger partial charge in [0.2, 0.25) is 0 Å². The van der Waals surface area contributed by atoms with Gasteiger partial charge in [0, 0.05) is 25.5 Å². The summed E-state index contributed by atoms with van der Waals surface area (Å²) in [5, 5.41) is 2.37. The summed E-state index contributed by atoms with van der Waals surface area (Å²) < 4.78 is 0. The number of likely N-dealkylation sites (tertiary alicyclic amines) is 1. The van der Waals surface area contributed by atoms with Gasteiger partial charge in [-0.15, -0.1) is 0 Å². The maximum Gasteiger partial charge on any atom is 0.324 e. The number of hydrogen-bond donors (Lipinski definition) is 1. The smallest absolute Gasteiger partial charge is 0.324 e. The summed E-state index contributed by atoms with van der Waals surface area (Å²) in [5.41, 5.74) is 0.401. The average Bonchev–Trinajstić information content (AvgIpc) is 2.40. The van der Waals surface area contributed by atoms with E-state index in [0.29, 0.717) is 5.56 Å². The van der Waals surface area contributed by atoms with Crippen molar-refractivity contribution in [3.63, 3.8) is 0 Å². The minimum Gasteiger partial charge on any atom is -0.324 e. The van der Waals surface area contributed by atoms with Gasteiger partial charge in [0.05, 0.1) is 5.56 Å². The van der Waals surface area contributed by atoms with E-state index in [4.69, 9.17) is 0 Å². The van der Waals surface area contributed by atoms with Crippen molar-refractivity contribution in [2.75, 3.05) is 13.1 Å². The molecule has 1 aliphatic rings. The van der Waals surface area contributed by atoms with Crippen molar-refractivity contribution >= 4 is 11.9 Å². The molecule has 0 aliphatic carbocycles. The fraction of sp³-hybridized carbons (Fsp3) is 0.417. The van der Waals surface area contributed by atoms with Crippen LogP contribution in [0.15, 0.2) is 24.5 Å². The Morgan fingerprint density at radius 3 is 2.65 bits per heavy atom. The Morgan fingerprint density at radius 1 is 1.24 bits per heavy atom. The Bertz CT molecular complexity index is 399. The van der Waals surface area contributed by atoms with E-state index >= 15 is 0 Å². The summed E-state index contributed by atoms with van der Waals surface area (Å²) in [7, 11) is 0. The van der Waals surface area contributed by atoms with Crippen LogP contribution in [-0.4, -0.2) is 34.9 Å². The number of urea groups is 1. The van der Waals surface area contributed by atoms with Crippen molar-refractivity contribution in [2.24, 2.45) is 0 Å². The number of carbonyl (C=O) groups excluding carboxylic acids is 2. The number of nitrogens with zero attached hydrogens (tertiary/aromatic N) is 2. The molecule has 1 aromatic heterocycles. The van der Waals surface area contributed by atoms with Crippen LogP contribution in [0.1, 0.15) is 29.6 Å². The van der Waals surface area contributed by atoms with Crippen LogP contribution in [0, 0.1) is 0 Å². The van der Waals surface area contributed by atoms with Gasteiger partial charge >= 0.3 is 6.03 Å². The molecule has 5 heteroatoms. The molecule has 1 N–H and O–H groups in total. The summed E-state index contributed by atoms with van der Waals surface area (Å²) in [6.45, 7) is 1.46. The molecule has 2 heterocycles. The summed E-state index contributed by atoms with van der Waals surface area (Å²) in [5.74, 6) is -0.395. The minimum atomic E-state index is -0.395. The number of amides is 3. The Labute approximate surface area is 99.8 Å². The molecule has 0 atom stereocenters. The van der Waals surface area contributed by atoms with Crippen molar-refractivity contribution in [1.29, 1.82) is 0 Å². The van der Waals surface area contributed by atoms with Gasteiger partial charge in [-0.1, -0.05) is 0 Å². The number of carbonyl (C=O) groups is 2. The van der Waals surface area contributed by atoms with E-state index in [1.165, 1.54) is 6.20 Å². The van der Waals surface area contributed by atoms with Gasteiger partial charge in [0.15, 0.2) is 0 Å². The van der Waals surface area contributed by atoms with Gasteiger partial charge in [-0.2, -0.15) is 0 Å². The first-order valence-corrected chi connectivity index (χ1v) is 5.77. The molecule has 0 radical (unpaired) electrons. The maximum atomic E-state index is 11.8. The van der Waals surface area contributed by atoms with Gasteiger partial charge < -0.3 is 4.90 Å². The topological polar surface area (TPSA) is 62.3 Å². The maximum absolute atomic E-state index is 11.8. The SMILES string of the molecule is O=C(NC(=O)N1CCCCC1)c1cccnc1. The van der Waals surface area contributed by atoms with Crippen LogP contribution in [0.2, 0.25) is 0 Å². The third kappa shape index (κ3) is 3.03. The largest absolute Gasteiger partial charge is 0.324 e. The molecule has 1 fully saturated rings. The van der Waals surface area contributed by atoms with Gasteiger partial charge in [0.25, 0.3) is 5.91 Å². The lowest BCUT2D eigenvalue weighted by atomic mass is 10.1. The quantitative estimate of drug-likeness (QED) is 0.797. The fourth-order valence-electron chi connectivity index (χ4n) is 1.84. The highest BCUT2D eigenvalue weighted by Gasteiger charge is 2.18. The number of imide groups is 1. The molecule has 0 bridgehead atoms. The first-order chi connectivity index (χ1) is 8.27. The van der Waals surface area contributed by atoms with E-state index in [0.717, 1.165) is 32.4 Å². The number of nitrogens with one attached hydrogen (secondary N) is 1. The zero-order valence-electron chi connectivity index (χ0n) is 9.56. The van der Waals surface area contributed by atoms with Crippen LogP contribution in [-0.2, 0) is 0 Å².